The lowest BCUT2D eigenvalue weighted by atomic mass is 10.00. The maximum absolute atomic E-state index is 6.79. The fourth-order valence-corrected chi connectivity index (χ4v) is 6.75. The van der Waals surface area contributed by atoms with Gasteiger partial charge in [-0.1, -0.05) is 164 Å². The van der Waals surface area contributed by atoms with Crippen molar-refractivity contribution in [3.8, 4) is 56.2 Å². The maximum Gasteiger partial charge on any atom is 0.164 e. The minimum atomic E-state index is 0.636. The van der Waals surface area contributed by atoms with E-state index in [1.165, 1.54) is 11.1 Å². The van der Waals surface area contributed by atoms with E-state index < -0.39 is 0 Å². The van der Waals surface area contributed by atoms with Gasteiger partial charge in [0.2, 0.25) is 0 Å². The van der Waals surface area contributed by atoms with Gasteiger partial charge in [-0.05, 0) is 40.7 Å². The summed E-state index contributed by atoms with van der Waals surface area (Å²) in [5.41, 5.74) is 11.4. The van der Waals surface area contributed by atoms with Gasteiger partial charge in [-0.15, -0.1) is 0 Å². The highest BCUT2D eigenvalue weighted by molar-refractivity contribution is 5.94. The summed E-state index contributed by atoms with van der Waals surface area (Å²) in [5, 5.41) is 2.22. The molecule has 0 unspecified atom stereocenters. The van der Waals surface area contributed by atoms with Crippen LogP contribution < -0.4 is 10.6 Å². The van der Waals surface area contributed by atoms with Gasteiger partial charge in [-0.25, -0.2) is 15.0 Å². The summed E-state index contributed by atoms with van der Waals surface area (Å²) in [7, 11) is 0. The Hall–Kier alpha value is -6.39. The van der Waals surface area contributed by atoms with Crippen molar-refractivity contribution in [3.63, 3.8) is 0 Å². The number of benzene rings is 6. The Morgan fingerprint density at radius 3 is 1.43 bits per heavy atom. The van der Waals surface area contributed by atoms with Crippen molar-refractivity contribution >= 4 is 22.6 Å². The first-order valence-corrected chi connectivity index (χ1v) is 16.7. The van der Waals surface area contributed by atoms with E-state index >= 15 is 0 Å². The topological polar surface area (TPSA) is 51.8 Å². The van der Waals surface area contributed by atoms with Crippen molar-refractivity contribution < 1.29 is 4.42 Å². The molecule has 6 aromatic carbocycles. The molecule has 49 heavy (non-hydrogen) atoms. The number of furan rings is 1. The van der Waals surface area contributed by atoms with Gasteiger partial charge in [0, 0.05) is 32.9 Å². The Kier molecular flexibility index (Phi) is 7.25. The Morgan fingerprint density at radius 2 is 0.878 bits per heavy atom. The zero-order valence-electron chi connectivity index (χ0n) is 26.8. The Labute approximate surface area is 284 Å². The standard InChI is InChI=1S/C45H31N3O/c1-4-12-30(13-5-1)32-22-26-35(27-23-32)43-46-44(36-28-24-33(25-29-36)31-14-6-2-7-15-31)48-45(47-43)40-21-11-20-39-38-19-10-18-37(41(38)49-42(39)40)34-16-8-3-9-17-34/h1-10,12-20,22-29H,11,21H2. The maximum atomic E-state index is 6.79. The Bertz CT molecular complexity index is 2460. The van der Waals surface area contributed by atoms with Crippen LogP contribution in [0.4, 0.5) is 0 Å². The number of para-hydroxylation sites is 1. The van der Waals surface area contributed by atoms with Crippen LogP contribution in [0, 0.1) is 0 Å². The van der Waals surface area contributed by atoms with Gasteiger partial charge in [0.05, 0.1) is 0 Å². The summed E-state index contributed by atoms with van der Waals surface area (Å²) in [6, 6.07) is 54.5. The Morgan fingerprint density at radius 1 is 0.408 bits per heavy atom. The molecule has 4 heteroatoms. The van der Waals surface area contributed by atoms with Gasteiger partial charge in [0.25, 0.3) is 0 Å². The largest absolute Gasteiger partial charge is 0.455 e. The average Bonchev–Trinajstić information content (AvgIpc) is 3.58. The molecule has 8 aromatic rings. The lowest BCUT2D eigenvalue weighted by Gasteiger charge is -2.12. The van der Waals surface area contributed by atoms with Crippen molar-refractivity contribution in [1.82, 2.24) is 15.0 Å². The molecule has 1 aliphatic carbocycles. The van der Waals surface area contributed by atoms with Gasteiger partial charge in [0.15, 0.2) is 17.5 Å². The van der Waals surface area contributed by atoms with Crippen molar-refractivity contribution in [3.05, 3.63) is 174 Å². The molecule has 0 N–H and O–H groups in total. The van der Waals surface area contributed by atoms with Crippen LogP contribution in [0.3, 0.4) is 0 Å². The van der Waals surface area contributed by atoms with Crippen molar-refractivity contribution in [2.45, 2.75) is 12.8 Å². The highest BCUT2D eigenvalue weighted by atomic mass is 16.3. The third kappa shape index (κ3) is 5.43. The molecule has 2 aromatic heterocycles. The molecule has 0 aliphatic heterocycles. The number of aromatic nitrogens is 3. The predicted molar refractivity (Wildman–Crippen MR) is 199 cm³/mol. The molecule has 0 spiro atoms. The predicted octanol–water partition coefficient (Wildman–Crippen LogP) is 9.73. The average molecular weight is 630 g/mol. The lowest BCUT2D eigenvalue weighted by Crippen LogP contribution is -2.27. The number of nitrogens with zero attached hydrogens (tertiary/aromatic N) is 3. The van der Waals surface area contributed by atoms with Crippen molar-refractivity contribution in [2.24, 2.45) is 0 Å². The minimum absolute atomic E-state index is 0.636. The van der Waals surface area contributed by atoms with E-state index in [4.69, 9.17) is 19.4 Å². The van der Waals surface area contributed by atoms with Gasteiger partial charge in [0.1, 0.15) is 11.0 Å². The number of fused-ring (bicyclic) bond motifs is 3. The molecular formula is C45H31N3O. The molecule has 0 saturated heterocycles. The van der Waals surface area contributed by atoms with Crippen LogP contribution in [0.15, 0.2) is 162 Å². The van der Waals surface area contributed by atoms with Gasteiger partial charge in [-0.2, -0.15) is 0 Å². The Balaban J connectivity index is 1.22. The van der Waals surface area contributed by atoms with Gasteiger partial charge in [-0.3, -0.25) is 0 Å². The van der Waals surface area contributed by atoms with E-state index in [0.717, 1.165) is 73.4 Å². The van der Waals surface area contributed by atoms with Crippen LogP contribution >= 0.6 is 0 Å². The zero-order valence-corrected chi connectivity index (χ0v) is 26.8. The molecule has 0 amide bonds. The van der Waals surface area contributed by atoms with E-state index in [1.54, 1.807) is 0 Å². The molecule has 0 bridgehead atoms. The third-order valence-corrected chi connectivity index (χ3v) is 9.26. The molecule has 2 heterocycles. The van der Waals surface area contributed by atoms with Crippen LogP contribution in [0.25, 0.3) is 78.8 Å². The molecule has 0 fully saturated rings. The van der Waals surface area contributed by atoms with Gasteiger partial charge < -0.3 is 4.42 Å². The zero-order chi connectivity index (χ0) is 32.6. The monoisotopic (exact) mass is 629 g/mol. The van der Waals surface area contributed by atoms with E-state index in [9.17, 15) is 0 Å². The van der Waals surface area contributed by atoms with Crippen LogP contribution in [0.1, 0.15) is 18.7 Å². The summed E-state index contributed by atoms with van der Waals surface area (Å²) in [4.78, 5) is 15.3. The second-order valence-electron chi connectivity index (χ2n) is 12.3. The van der Waals surface area contributed by atoms with E-state index in [2.05, 4.69) is 146 Å². The fraction of sp³-hybridized carbons (Fsp3) is 0.0444. The second kappa shape index (κ2) is 12.3. The van der Waals surface area contributed by atoms with Crippen molar-refractivity contribution in [1.29, 1.82) is 0 Å². The van der Waals surface area contributed by atoms with E-state index in [-0.39, 0.29) is 0 Å². The van der Waals surface area contributed by atoms with Crippen LogP contribution in [0.5, 0.6) is 0 Å². The number of rotatable bonds is 6. The quantitative estimate of drug-likeness (QED) is 0.184. The molecule has 9 rings (SSSR count). The lowest BCUT2D eigenvalue weighted by molar-refractivity contribution is 0.568. The van der Waals surface area contributed by atoms with Crippen LogP contribution in [0.2, 0.25) is 0 Å². The third-order valence-electron chi connectivity index (χ3n) is 9.26. The molecule has 0 radical (unpaired) electrons. The molecule has 0 atom stereocenters. The van der Waals surface area contributed by atoms with Crippen LogP contribution in [-0.4, -0.2) is 15.0 Å². The first-order chi connectivity index (χ1) is 24.3. The molecular weight excluding hydrogens is 599 g/mol. The van der Waals surface area contributed by atoms with E-state index in [0.29, 0.717) is 17.5 Å². The smallest absolute Gasteiger partial charge is 0.164 e. The molecule has 4 nitrogen and oxygen atoms in total. The van der Waals surface area contributed by atoms with Crippen LogP contribution in [-0.2, 0) is 0 Å². The highest BCUT2D eigenvalue weighted by Crippen LogP contribution is 2.31. The number of hydrogen-bond donors (Lipinski definition) is 0. The first kappa shape index (κ1) is 28.8. The summed E-state index contributed by atoms with van der Waals surface area (Å²) < 4.78 is 6.79. The fourth-order valence-electron chi connectivity index (χ4n) is 6.75. The van der Waals surface area contributed by atoms with Gasteiger partial charge >= 0.3 is 0 Å². The summed E-state index contributed by atoms with van der Waals surface area (Å²) in [6.07, 6.45) is 3.93. The summed E-state index contributed by atoms with van der Waals surface area (Å²) in [6.45, 7) is 0. The summed E-state index contributed by atoms with van der Waals surface area (Å²) >= 11 is 0. The normalized spacial score (nSPS) is 12.4. The van der Waals surface area contributed by atoms with E-state index in [1.807, 2.05) is 18.2 Å². The highest BCUT2D eigenvalue weighted by Gasteiger charge is 2.20. The second-order valence-corrected chi connectivity index (χ2v) is 12.3. The summed E-state index contributed by atoms with van der Waals surface area (Å²) in [5.74, 6) is 1.92. The first-order valence-electron chi connectivity index (χ1n) is 16.7. The molecule has 232 valence electrons. The molecule has 0 saturated carbocycles. The van der Waals surface area contributed by atoms with Crippen molar-refractivity contribution in [2.75, 3.05) is 0 Å². The SMILES string of the molecule is C1=c2c(oc3c(-c4ccccc4)cccc23)=C(c2nc(-c3ccc(-c4ccccc4)cc3)nc(-c3ccc(-c4ccccc4)cc3)n2)CC1. The molecule has 1 aliphatic rings. The minimum Gasteiger partial charge on any atom is -0.455 e. The number of hydrogen-bond acceptors (Lipinski definition) is 4.